The molecular formula is C22H25FN6O. The zero-order valence-electron chi connectivity index (χ0n) is 16.8. The van der Waals surface area contributed by atoms with Crippen molar-refractivity contribution >= 4 is 17.7 Å². The highest BCUT2D eigenvalue weighted by Crippen LogP contribution is 2.32. The first kappa shape index (κ1) is 20.1. The minimum Gasteiger partial charge on any atom is -0.365 e. The lowest BCUT2D eigenvalue weighted by molar-refractivity contribution is -0.127. The van der Waals surface area contributed by atoms with Gasteiger partial charge in [0.25, 0.3) is 5.91 Å². The highest BCUT2D eigenvalue weighted by Gasteiger charge is 2.32. The summed E-state index contributed by atoms with van der Waals surface area (Å²) in [7, 11) is 0. The molecule has 1 saturated carbocycles. The van der Waals surface area contributed by atoms with E-state index < -0.39 is 5.82 Å². The van der Waals surface area contributed by atoms with E-state index in [9.17, 15) is 14.4 Å². The summed E-state index contributed by atoms with van der Waals surface area (Å²) < 4.78 is 14.2. The number of likely N-dealkylation sites (tertiary alicyclic amines) is 1. The highest BCUT2D eigenvalue weighted by molar-refractivity contribution is 5.97. The third-order valence-electron chi connectivity index (χ3n) is 5.51. The van der Waals surface area contributed by atoms with Crippen LogP contribution < -0.4 is 10.6 Å². The Morgan fingerprint density at radius 2 is 2.23 bits per heavy atom. The molecule has 1 aliphatic heterocycles. The quantitative estimate of drug-likeness (QED) is 0.530. The number of aromatic nitrogens is 2. The van der Waals surface area contributed by atoms with Crippen molar-refractivity contribution < 1.29 is 9.18 Å². The number of rotatable bonds is 7. The van der Waals surface area contributed by atoms with E-state index in [1.54, 1.807) is 11.0 Å². The summed E-state index contributed by atoms with van der Waals surface area (Å²) in [4.78, 5) is 22.8. The molecule has 2 heterocycles. The summed E-state index contributed by atoms with van der Waals surface area (Å²) >= 11 is 0. The summed E-state index contributed by atoms with van der Waals surface area (Å²) in [5.41, 5.74) is 1.11. The van der Waals surface area contributed by atoms with E-state index in [1.165, 1.54) is 0 Å². The summed E-state index contributed by atoms with van der Waals surface area (Å²) in [6, 6.07) is 1.94. The van der Waals surface area contributed by atoms with E-state index in [1.807, 2.05) is 18.2 Å². The topological polar surface area (TPSA) is 93.9 Å². The molecule has 8 heteroatoms. The summed E-state index contributed by atoms with van der Waals surface area (Å²) in [6.07, 6.45) is 14.7. The lowest BCUT2D eigenvalue weighted by atomic mass is 10.1. The number of hydrogen-bond donors (Lipinski definition) is 2. The Kier molecular flexibility index (Phi) is 6.07. The number of carbonyl (C=O) groups is 1. The van der Waals surface area contributed by atoms with Gasteiger partial charge in [-0.25, -0.2) is 9.37 Å². The van der Waals surface area contributed by atoms with E-state index in [-0.39, 0.29) is 23.3 Å². The van der Waals surface area contributed by atoms with Crippen LogP contribution in [0, 0.1) is 23.1 Å². The smallest absolute Gasteiger partial charge is 0.264 e. The van der Waals surface area contributed by atoms with Crippen LogP contribution in [0.4, 0.5) is 16.2 Å². The van der Waals surface area contributed by atoms with E-state index in [2.05, 4.69) is 26.7 Å². The fourth-order valence-electron chi connectivity index (χ4n) is 3.73. The second-order valence-electron chi connectivity index (χ2n) is 7.86. The minimum atomic E-state index is -0.545. The van der Waals surface area contributed by atoms with Gasteiger partial charge in [0.15, 0.2) is 11.6 Å². The highest BCUT2D eigenvalue weighted by atomic mass is 19.1. The summed E-state index contributed by atoms with van der Waals surface area (Å²) in [5, 5.41) is 15.5. The molecule has 1 aromatic heterocycles. The van der Waals surface area contributed by atoms with Crippen LogP contribution >= 0.6 is 0 Å². The van der Waals surface area contributed by atoms with E-state index in [0.717, 1.165) is 50.4 Å². The monoisotopic (exact) mass is 408 g/mol. The average molecular weight is 408 g/mol. The van der Waals surface area contributed by atoms with Crippen LogP contribution in [0.2, 0.25) is 0 Å². The molecule has 156 valence electrons. The van der Waals surface area contributed by atoms with Crippen molar-refractivity contribution in [1.82, 2.24) is 14.9 Å². The Hall–Kier alpha value is -3.21. The number of amides is 1. The van der Waals surface area contributed by atoms with Gasteiger partial charge in [-0.3, -0.25) is 4.79 Å². The van der Waals surface area contributed by atoms with Crippen molar-refractivity contribution in [2.24, 2.45) is 5.92 Å². The lowest BCUT2D eigenvalue weighted by Crippen LogP contribution is -2.40. The van der Waals surface area contributed by atoms with Crippen LogP contribution in [0.5, 0.6) is 0 Å². The van der Waals surface area contributed by atoms with Gasteiger partial charge in [-0.1, -0.05) is 18.2 Å². The molecule has 2 fully saturated rings. The first-order valence-corrected chi connectivity index (χ1v) is 10.5. The second kappa shape index (κ2) is 9.08. The molecule has 2 aliphatic carbocycles. The third kappa shape index (κ3) is 4.85. The normalized spacial score (nSPS) is 21.2. The average Bonchev–Trinajstić information content (AvgIpc) is 3.47. The van der Waals surface area contributed by atoms with Gasteiger partial charge in [-0.2, -0.15) is 10.2 Å². The number of nitrogens with one attached hydrogen (secondary N) is 2. The lowest BCUT2D eigenvalue weighted by Gasteiger charge is -2.25. The number of hydrogen-bond acceptors (Lipinski definition) is 6. The summed E-state index contributed by atoms with van der Waals surface area (Å²) in [6.45, 7) is 0.971. The molecule has 3 aliphatic rings. The number of nitriles is 1. The molecule has 2 N–H and O–H groups in total. The van der Waals surface area contributed by atoms with Crippen LogP contribution in [-0.2, 0) is 4.79 Å². The molecule has 1 saturated heterocycles. The molecule has 1 amide bonds. The zero-order valence-corrected chi connectivity index (χ0v) is 16.8. The fraction of sp³-hybridized carbons (Fsp3) is 0.455. The molecule has 1 atom stereocenters. The molecule has 4 rings (SSSR count). The minimum absolute atomic E-state index is 0.0983. The summed E-state index contributed by atoms with van der Waals surface area (Å²) in [5.74, 6) is 0.000475. The SMILES string of the molecule is N#C/C(=C\C1CC1)C(=O)N1CCCC1CNc1nc(NC2=CCCC=C2)ncc1F. The van der Waals surface area contributed by atoms with Gasteiger partial charge >= 0.3 is 0 Å². The molecule has 0 radical (unpaired) electrons. The van der Waals surface area contributed by atoms with Gasteiger partial charge in [0, 0.05) is 24.8 Å². The number of halogens is 1. The Morgan fingerprint density at radius 1 is 1.37 bits per heavy atom. The Bertz CT molecular complexity index is 943. The molecular weight excluding hydrogens is 383 g/mol. The molecule has 1 aromatic rings. The van der Waals surface area contributed by atoms with Crippen molar-refractivity contribution in [1.29, 1.82) is 5.26 Å². The van der Waals surface area contributed by atoms with Crippen molar-refractivity contribution in [3.63, 3.8) is 0 Å². The zero-order chi connectivity index (χ0) is 20.9. The molecule has 30 heavy (non-hydrogen) atoms. The van der Waals surface area contributed by atoms with Crippen LogP contribution in [0.25, 0.3) is 0 Å². The van der Waals surface area contributed by atoms with Crippen molar-refractivity contribution in [2.45, 2.75) is 44.6 Å². The van der Waals surface area contributed by atoms with Crippen LogP contribution in [0.15, 0.2) is 41.8 Å². The second-order valence-corrected chi connectivity index (χ2v) is 7.86. The van der Waals surface area contributed by atoms with Crippen LogP contribution in [0.3, 0.4) is 0 Å². The molecule has 1 unspecified atom stereocenters. The predicted molar refractivity (Wildman–Crippen MR) is 112 cm³/mol. The predicted octanol–water partition coefficient (Wildman–Crippen LogP) is 3.52. The number of carbonyl (C=O) groups excluding carboxylic acids is 1. The molecule has 0 aromatic carbocycles. The van der Waals surface area contributed by atoms with Crippen molar-refractivity contribution in [2.75, 3.05) is 23.7 Å². The number of nitrogens with zero attached hydrogens (tertiary/aromatic N) is 4. The fourth-order valence-corrected chi connectivity index (χ4v) is 3.73. The Morgan fingerprint density at radius 3 is 2.97 bits per heavy atom. The molecule has 0 spiro atoms. The number of allylic oxidation sites excluding steroid dienone is 4. The van der Waals surface area contributed by atoms with Crippen LogP contribution in [0.1, 0.15) is 38.5 Å². The van der Waals surface area contributed by atoms with Crippen LogP contribution in [-0.4, -0.2) is 39.9 Å². The Balaban J connectivity index is 1.40. The van der Waals surface area contributed by atoms with E-state index in [0.29, 0.717) is 25.0 Å². The van der Waals surface area contributed by atoms with Gasteiger partial charge in [-0.05, 0) is 50.5 Å². The largest absolute Gasteiger partial charge is 0.365 e. The third-order valence-corrected chi connectivity index (χ3v) is 5.51. The maximum Gasteiger partial charge on any atom is 0.264 e. The van der Waals surface area contributed by atoms with Crippen molar-refractivity contribution in [3.05, 3.63) is 47.6 Å². The van der Waals surface area contributed by atoms with Gasteiger partial charge in [0.2, 0.25) is 5.95 Å². The van der Waals surface area contributed by atoms with Gasteiger partial charge in [-0.15, -0.1) is 0 Å². The first-order valence-electron chi connectivity index (χ1n) is 10.5. The maximum atomic E-state index is 14.2. The maximum absolute atomic E-state index is 14.2. The molecule has 7 nitrogen and oxygen atoms in total. The van der Waals surface area contributed by atoms with E-state index >= 15 is 0 Å². The standard InChI is InChI=1S/C22H25FN6O/c23-19-14-26-22(27-17-5-2-1-3-6-17)28-20(19)25-13-18-7-4-10-29(18)21(30)16(12-24)11-15-8-9-15/h2,5-6,11,14-15,18H,1,3-4,7-10,13H2,(H2,25,26,27,28)/b16-11+. The van der Waals surface area contributed by atoms with Gasteiger partial charge in [0.05, 0.1) is 6.20 Å². The Labute approximate surface area is 175 Å². The first-order chi connectivity index (χ1) is 14.6. The van der Waals surface area contributed by atoms with Gasteiger partial charge in [0.1, 0.15) is 11.6 Å². The van der Waals surface area contributed by atoms with Crippen molar-refractivity contribution in [3.8, 4) is 6.07 Å². The van der Waals surface area contributed by atoms with E-state index in [4.69, 9.17) is 0 Å². The van der Waals surface area contributed by atoms with Gasteiger partial charge < -0.3 is 15.5 Å². The number of anilines is 2. The molecule has 0 bridgehead atoms.